The molecule has 0 amide bonds. The number of thiocarbonyl (C=S) groups is 1. The summed E-state index contributed by atoms with van der Waals surface area (Å²) in [6.45, 7) is 3.65. The Morgan fingerprint density at radius 3 is 2.56 bits per heavy atom. The molecule has 0 aromatic heterocycles. The molecule has 0 bridgehead atoms. The normalized spacial score (nSPS) is 10.9. The Bertz CT molecular complexity index is 558. The molecular weight excluding hydrogens is 244 g/mol. The topological polar surface area (TPSA) is 72.5 Å². The summed E-state index contributed by atoms with van der Waals surface area (Å²) in [7, 11) is -3.69. The number of nitrogens with zero attached hydrogens (tertiary/aromatic N) is 1. The first-order valence-corrected chi connectivity index (χ1v) is 6.60. The summed E-state index contributed by atoms with van der Waals surface area (Å²) in [5.74, 6) is 0. The summed E-state index contributed by atoms with van der Waals surface area (Å²) in [4.78, 5) is 4.02. The van der Waals surface area contributed by atoms with E-state index < -0.39 is 10.0 Å². The van der Waals surface area contributed by atoms with Crippen LogP contribution >= 0.6 is 12.2 Å². The van der Waals surface area contributed by atoms with Crippen molar-refractivity contribution < 1.29 is 8.42 Å². The van der Waals surface area contributed by atoms with Crippen molar-refractivity contribution in [3.05, 3.63) is 23.3 Å². The molecule has 0 atom stereocenters. The van der Waals surface area contributed by atoms with Crippen molar-refractivity contribution in [3.63, 3.8) is 0 Å². The summed E-state index contributed by atoms with van der Waals surface area (Å²) >= 11 is 4.52. The number of sulfonamides is 1. The number of hydrogen-bond acceptors (Lipinski definition) is 4. The minimum absolute atomic E-state index is 0.149. The average molecular weight is 256 g/mol. The van der Waals surface area contributed by atoms with Gasteiger partial charge in [0.1, 0.15) is 0 Å². The van der Waals surface area contributed by atoms with Gasteiger partial charge in [-0.25, -0.2) is 13.6 Å². The SMILES string of the molecule is CCc1c(S(N)(=O)=O)ccc(N=C=S)c1C. The molecule has 0 aliphatic carbocycles. The van der Waals surface area contributed by atoms with Crippen LogP contribution in [0.5, 0.6) is 0 Å². The number of nitrogens with two attached hydrogens (primary N) is 1. The van der Waals surface area contributed by atoms with Crippen LogP contribution in [0, 0.1) is 6.92 Å². The molecule has 1 aromatic rings. The lowest BCUT2D eigenvalue weighted by Gasteiger charge is -2.10. The molecule has 86 valence electrons. The third-order valence-corrected chi connectivity index (χ3v) is 3.44. The lowest BCUT2D eigenvalue weighted by molar-refractivity contribution is 0.596. The Morgan fingerprint density at radius 2 is 2.12 bits per heavy atom. The van der Waals surface area contributed by atoms with E-state index in [4.69, 9.17) is 5.14 Å². The van der Waals surface area contributed by atoms with Gasteiger partial charge in [0.05, 0.1) is 15.7 Å². The van der Waals surface area contributed by atoms with Gasteiger partial charge in [0.25, 0.3) is 0 Å². The zero-order valence-corrected chi connectivity index (χ0v) is 10.7. The highest BCUT2D eigenvalue weighted by Gasteiger charge is 2.16. The molecule has 0 aliphatic heterocycles. The molecule has 0 fully saturated rings. The molecule has 0 heterocycles. The first kappa shape index (κ1) is 13.0. The fourth-order valence-electron chi connectivity index (χ4n) is 1.60. The van der Waals surface area contributed by atoms with E-state index in [2.05, 4.69) is 22.4 Å². The van der Waals surface area contributed by atoms with Crippen molar-refractivity contribution in [1.82, 2.24) is 0 Å². The van der Waals surface area contributed by atoms with Crippen molar-refractivity contribution in [1.29, 1.82) is 0 Å². The van der Waals surface area contributed by atoms with Gasteiger partial charge in [-0.3, -0.25) is 0 Å². The van der Waals surface area contributed by atoms with Crippen molar-refractivity contribution >= 4 is 33.1 Å². The quantitative estimate of drug-likeness (QED) is 0.663. The minimum atomic E-state index is -3.69. The Balaban J connectivity index is 3.59. The van der Waals surface area contributed by atoms with Crippen LogP contribution in [0.4, 0.5) is 5.69 Å². The van der Waals surface area contributed by atoms with Crippen LogP contribution in [0.3, 0.4) is 0 Å². The molecule has 2 N–H and O–H groups in total. The number of aliphatic imine (C=N–C) groups is 1. The van der Waals surface area contributed by atoms with E-state index in [0.717, 1.165) is 5.56 Å². The maximum Gasteiger partial charge on any atom is 0.238 e. The zero-order chi connectivity index (χ0) is 12.3. The highest BCUT2D eigenvalue weighted by molar-refractivity contribution is 7.89. The van der Waals surface area contributed by atoms with Crippen molar-refractivity contribution in [2.45, 2.75) is 25.2 Å². The Hall–Kier alpha value is -1.07. The van der Waals surface area contributed by atoms with Gasteiger partial charge in [-0.05, 0) is 48.8 Å². The Morgan fingerprint density at radius 1 is 1.50 bits per heavy atom. The van der Waals surface area contributed by atoms with Gasteiger partial charge < -0.3 is 0 Å². The largest absolute Gasteiger partial charge is 0.238 e. The van der Waals surface area contributed by atoms with Gasteiger partial charge >= 0.3 is 0 Å². The van der Waals surface area contributed by atoms with Crippen LogP contribution in [0.15, 0.2) is 22.0 Å². The summed E-state index contributed by atoms with van der Waals surface area (Å²) in [6.07, 6.45) is 0.568. The van der Waals surface area contributed by atoms with Crippen molar-refractivity contribution in [2.24, 2.45) is 10.1 Å². The maximum absolute atomic E-state index is 11.3. The van der Waals surface area contributed by atoms with Gasteiger partial charge in [-0.1, -0.05) is 6.92 Å². The van der Waals surface area contributed by atoms with E-state index in [1.165, 1.54) is 6.07 Å². The average Bonchev–Trinajstić information content (AvgIpc) is 2.19. The number of isothiocyanates is 1. The smallest absolute Gasteiger partial charge is 0.225 e. The number of rotatable bonds is 3. The second kappa shape index (κ2) is 4.84. The molecule has 1 aromatic carbocycles. The summed E-state index contributed by atoms with van der Waals surface area (Å²) in [5.41, 5.74) is 2.07. The molecule has 0 aliphatic rings. The van der Waals surface area contributed by atoms with Crippen LogP contribution in [0.2, 0.25) is 0 Å². The van der Waals surface area contributed by atoms with Crippen LogP contribution in [-0.2, 0) is 16.4 Å². The molecule has 0 saturated heterocycles. The van der Waals surface area contributed by atoms with Crippen LogP contribution in [-0.4, -0.2) is 13.6 Å². The molecular formula is C10H12N2O2S2. The minimum Gasteiger partial charge on any atom is -0.225 e. The van der Waals surface area contributed by atoms with E-state index in [9.17, 15) is 8.42 Å². The predicted molar refractivity (Wildman–Crippen MR) is 66.6 cm³/mol. The summed E-state index contributed by atoms with van der Waals surface area (Å²) in [5, 5.41) is 7.39. The second-order valence-corrected chi connectivity index (χ2v) is 5.00. The monoisotopic (exact) mass is 256 g/mol. The lowest BCUT2D eigenvalue weighted by Crippen LogP contribution is -2.15. The third-order valence-electron chi connectivity index (χ3n) is 2.35. The molecule has 0 saturated carbocycles. The first-order chi connectivity index (χ1) is 7.41. The number of benzene rings is 1. The summed E-state index contributed by atoms with van der Waals surface area (Å²) in [6, 6.07) is 3.03. The van der Waals surface area contributed by atoms with Crippen molar-refractivity contribution in [3.8, 4) is 0 Å². The lowest BCUT2D eigenvalue weighted by atomic mass is 10.0. The van der Waals surface area contributed by atoms with E-state index in [-0.39, 0.29) is 4.90 Å². The van der Waals surface area contributed by atoms with Crippen molar-refractivity contribution in [2.75, 3.05) is 0 Å². The molecule has 1 rings (SSSR count). The van der Waals surface area contributed by atoms with Gasteiger partial charge in [0.2, 0.25) is 10.0 Å². The molecule has 0 spiro atoms. The second-order valence-electron chi connectivity index (χ2n) is 3.29. The Kier molecular flexibility index (Phi) is 3.93. The number of primary sulfonamides is 1. The highest BCUT2D eigenvalue weighted by atomic mass is 32.2. The highest BCUT2D eigenvalue weighted by Crippen LogP contribution is 2.27. The van der Waals surface area contributed by atoms with E-state index in [1.807, 2.05) is 6.92 Å². The van der Waals surface area contributed by atoms with Gasteiger partial charge in [-0.15, -0.1) is 0 Å². The number of hydrogen-bond donors (Lipinski definition) is 1. The molecule has 0 unspecified atom stereocenters. The van der Waals surface area contributed by atoms with Gasteiger partial charge in [0.15, 0.2) is 0 Å². The van der Waals surface area contributed by atoms with Gasteiger partial charge in [-0.2, -0.15) is 4.99 Å². The maximum atomic E-state index is 11.3. The molecule has 16 heavy (non-hydrogen) atoms. The zero-order valence-electron chi connectivity index (χ0n) is 9.02. The fourth-order valence-corrected chi connectivity index (χ4v) is 2.59. The molecule has 4 nitrogen and oxygen atoms in total. The summed E-state index contributed by atoms with van der Waals surface area (Å²) < 4.78 is 22.7. The van der Waals surface area contributed by atoms with E-state index in [1.54, 1.807) is 13.0 Å². The molecule has 0 radical (unpaired) electrons. The third kappa shape index (κ3) is 2.54. The first-order valence-electron chi connectivity index (χ1n) is 4.65. The molecule has 6 heteroatoms. The van der Waals surface area contributed by atoms with E-state index in [0.29, 0.717) is 17.7 Å². The van der Waals surface area contributed by atoms with Gasteiger partial charge in [0, 0.05) is 0 Å². The fraction of sp³-hybridized carbons (Fsp3) is 0.300. The predicted octanol–water partition coefficient (Wildman–Crippen LogP) is 1.94. The standard InChI is InChI=1S/C10H12N2O2S2/c1-3-8-7(2)9(12-6-15)4-5-10(8)16(11,13)14/h4-5H,3H2,1-2H3,(H2,11,13,14). The van der Waals surface area contributed by atoms with Crippen LogP contribution in [0.1, 0.15) is 18.1 Å². The Labute approximate surface area is 100 Å². The van der Waals surface area contributed by atoms with Crippen LogP contribution in [0.25, 0.3) is 0 Å². The van der Waals surface area contributed by atoms with Crippen LogP contribution < -0.4 is 5.14 Å². The van der Waals surface area contributed by atoms with E-state index >= 15 is 0 Å².